The van der Waals surface area contributed by atoms with Crippen LogP contribution < -0.4 is 24.8 Å². The van der Waals surface area contributed by atoms with Gasteiger partial charge < -0.3 is 29.4 Å². The lowest BCUT2D eigenvalue weighted by atomic mass is 10.2. The third-order valence-electron chi connectivity index (χ3n) is 3.88. The Morgan fingerprint density at radius 2 is 1.93 bits per heavy atom. The summed E-state index contributed by atoms with van der Waals surface area (Å²) in [7, 11) is 4.63. The summed E-state index contributed by atoms with van der Waals surface area (Å²) >= 11 is 0. The van der Waals surface area contributed by atoms with Gasteiger partial charge >= 0.3 is 0 Å². The van der Waals surface area contributed by atoms with E-state index in [-0.39, 0.29) is 0 Å². The molecule has 2 rings (SSSR count). The fourth-order valence-electron chi connectivity index (χ4n) is 2.53. The van der Waals surface area contributed by atoms with Gasteiger partial charge in [0.15, 0.2) is 11.5 Å². The van der Waals surface area contributed by atoms with Crippen LogP contribution in [0.15, 0.2) is 29.6 Å². The highest BCUT2D eigenvalue weighted by Crippen LogP contribution is 2.39. The molecule has 9 heteroatoms. The number of nitrogens with one attached hydrogen (secondary N) is 2. The maximum atomic E-state index is 8.94. The largest absolute Gasteiger partial charge is 0.493 e. The normalized spacial score (nSPS) is 10.9. The second-order valence-electron chi connectivity index (χ2n) is 5.61. The molecular weight excluding hydrogens is 348 g/mol. The zero-order valence-electron chi connectivity index (χ0n) is 15.9. The van der Waals surface area contributed by atoms with Gasteiger partial charge in [0.25, 0.3) is 0 Å². The summed E-state index contributed by atoms with van der Waals surface area (Å²) in [6.07, 6.45) is 6.26. The summed E-state index contributed by atoms with van der Waals surface area (Å²) in [6.45, 7) is 3.47. The van der Waals surface area contributed by atoms with Crippen molar-refractivity contribution in [3.8, 4) is 23.4 Å². The van der Waals surface area contributed by atoms with E-state index < -0.39 is 0 Å². The minimum absolute atomic E-state index is 0.342. The third-order valence-corrected chi connectivity index (χ3v) is 3.88. The maximum Gasteiger partial charge on any atom is 0.211 e. The van der Waals surface area contributed by atoms with E-state index in [0.717, 1.165) is 18.7 Å². The van der Waals surface area contributed by atoms with Crippen LogP contribution in [0.25, 0.3) is 0 Å². The van der Waals surface area contributed by atoms with Crippen LogP contribution in [0.4, 0.5) is 5.69 Å². The van der Waals surface area contributed by atoms with E-state index in [1.165, 1.54) is 0 Å². The predicted octanol–water partition coefficient (Wildman–Crippen LogP) is 2.15. The quantitative estimate of drug-likeness (QED) is 0.316. The van der Waals surface area contributed by atoms with Crippen LogP contribution in [0.1, 0.15) is 12.1 Å². The number of hydrogen-bond acceptors (Lipinski definition) is 6. The van der Waals surface area contributed by atoms with Crippen molar-refractivity contribution in [3.63, 3.8) is 0 Å². The first-order valence-electron chi connectivity index (χ1n) is 8.37. The van der Waals surface area contributed by atoms with Crippen molar-refractivity contribution in [1.29, 1.82) is 5.26 Å². The highest BCUT2D eigenvalue weighted by atomic mass is 16.5. The first kappa shape index (κ1) is 19.9. The Labute approximate surface area is 158 Å². The first-order chi connectivity index (χ1) is 13.1. The summed E-state index contributed by atoms with van der Waals surface area (Å²) in [5.74, 6) is 1.85. The molecule has 0 saturated heterocycles. The topological polar surface area (TPSA) is 106 Å². The number of aromatic nitrogens is 2. The molecule has 1 aromatic heterocycles. The van der Waals surface area contributed by atoms with Crippen LogP contribution in [0.5, 0.6) is 17.2 Å². The summed E-state index contributed by atoms with van der Waals surface area (Å²) in [5, 5.41) is 15.1. The van der Waals surface area contributed by atoms with Crippen molar-refractivity contribution in [1.82, 2.24) is 14.9 Å². The van der Waals surface area contributed by atoms with Gasteiger partial charge in [0, 0.05) is 42.8 Å². The van der Waals surface area contributed by atoms with Crippen molar-refractivity contribution in [2.45, 2.75) is 19.9 Å². The fraction of sp³-hybridized carbons (Fsp3) is 0.389. The van der Waals surface area contributed by atoms with Crippen molar-refractivity contribution in [3.05, 3.63) is 30.4 Å². The molecule has 0 radical (unpaired) electrons. The maximum absolute atomic E-state index is 8.94. The van der Waals surface area contributed by atoms with Crippen LogP contribution in [0.2, 0.25) is 0 Å². The Balaban J connectivity index is 2.02. The lowest BCUT2D eigenvalue weighted by Gasteiger charge is -2.16. The predicted molar refractivity (Wildman–Crippen MR) is 102 cm³/mol. The molecule has 0 unspecified atom stereocenters. The Hall–Kier alpha value is -3.41. The zero-order valence-corrected chi connectivity index (χ0v) is 15.9. The Kier molecular flexibility index (Phi) is 7.31. The summed E-state index contributed by atoms with van der Waals surface area (Å²) < 4.78 is 18.0. The number of imidazole rings is 1. The van der Waals surface area contributed by atoms with Crippen molar-refractivity contribution < 1.29 is 14.2 Å². The standard InChI is InChI=1S/C18H24N6O3/c1-13-10-20-12-24(13)7-5-6-21-18(22-11-19)23-14-8-15(25-2)17(27-4)16(9-14)26-3/h8-10,12H,5-7H2,1-4H3,(H2,21,22,23). The van der Waals surface area contributed by atoms with E-state index in [0.29, 0.717) is 35.4 Å². The van der Waals surface area contributed by atoms with E-state index in [2.05, 4.69) is 25.2 Å². The fourth-order valence-corrected chi connectivity index (χ4v) is 2.53. The van der Waals surface area contributed by atoms with E-state index in [1.54, 1.807) is 46.0 Å². The van der Waals surface area contributed by atoms with E-state index in [4.69, 9.17) is 19.5 Å². The molecule has 1 aromatic carbocycles. The van der Waals surface area contributed by atoms with Crippen molar-refractivity contribution in [2.75, 3.05) is 33.2 Å². The number of aliphatic imine (C=N–C) groups is 1. The highest BCUT2D eigenvalue weighted by Gasteiger charge is 2.14. The monoisotopic (exact) mass is 372 g/mol. The molecule has 2 aromatic rings. The molecule has 0 aliphatic carbocycles. The van der Waals surface area contributed by atoms with Gasteiger partial charge in [-0.3, -0.25) is 0 Å². The molecule has 27 heavy (non-hydrogen) atoms. The van der Waals surface area contributed by atoms with Gasteiger partial charge in [0.05, 0.1) is 27.7 Å². The Morgan fingerprint density at radius 3 is 2.44 bits per heavy atom. The lowest BCUT2D eigenvalue weighted by Crippen LogP contribution is -2.31. The third kappa shape index (κ3) is 5.28. The molecule has 2 N–H and O–H groups in total. The summed E-state index contributed by atoms with van der Waals surface area (Å²) in [6, 6.07) is 3.48. The van der Waals surface area contributed by atoms with Gasteiger partial charge in [0.1, 0.15) is 0 Å². The molecule has 0 spiro atoms. The molecule has 0 aliphatic heterocycles. The minimum atomic E-state index is 0.342. The van der Waals surface area contributed by atoms with Gasteiger partial charge in [-0.25, -0.2) is 4.98 Å². The average molecular weight is 372 g/mol. The number of guanidine groups is 1. The lowest BCUT2D eigenvalue weighted by molar-refractivity contribution is 0.324. The number of methoxy groups -OCH3 is 3. The number of hydrogen-bond donors (Lipinski definition) is 2. The van der Waals surface area contributed by atoms with Crippen LogP contribution in [0, 0.1) is 18.4 Å². The average Bonchev–Trinajstić information content (AvgIpc) is 3.09. The minimum Gasteiger partial charge on any atom is -0.493 e. The molecule has 1 heterocycles. The first-order valence-corrected chi connectivity index (χ1v) is 8.37. The molecule has 0 amide bonds. The SMILES string of the molecule is COc1cc(N/C(=N/C#N)NCCCn2cncc2C)cc(OC)c1OC. The van der Waals surface area contributed by atoms with Crippen LogP contribution in [0.3, 0.4) is 0 Å². The van der Waals surface area contributed by atoms with Gasteiger partial charge in [0.2, 0.25) is 17.9 Å². The number of ether oxygens (including phenoxy) is 3. The van der Waals surface area contributed by atoms with Crippen molar-refractivity contribution >= 4 is 11.6 Å². The molecule has 144 valence electrons. The number of anilines is 1. The molecule has 0 fully saturated rings. The van der Waals surface area contributed by atoms with E-state index in [9.17, 15) is 0 Å². The number of rotatable bonds is 8. The molecule has 0 saturated carbocycles. The molecule has 0 aliphatic rings. The smallest absolute Gasteiger partial charge is 0.211 e. The Morgan fingerprint density at radius 1 is 1.22 bits per heavy atom. The van der Waals surface area contributed by atoms with Crippen LogP contribution in [-0.2, 0) is 6.54 Å². The summed E-state index contributed by atoms with van der Waals surface area (Å²) in [4.78, 5) is 7.89. The van der Waals surface area contributed by atoms with Gasteiger partial charge in [-0.2, -0.15) is 5.26 Å². The van der Waals surface area contributed by atoms with Crippen LogP contribution >= 0.6 is 0 Å². The molecular formula is C18H24N6O3. The molecule has 0 atom stereocenters. The number of benzene rings is 1. The number of nitrogens with zero attached hydrogens (tertiary/aromatic N) is 4. The van der Waals surface area contributed by atoms with E-state index in [1.807, 2.05) is 13.1 Å². The highest BCUT2D eigenvalue weighted by molar-refractivity contribution is 5.94. The zero-order chi connectivity index (χ0) is 19.6. The second-order valence-corrected chi connectivity index (χ2v) is 5.61. The second kappa shape index (κ2) is 9.91. The van der Waals surface area contributed by atoms with Crippen molar-refractivity contribution in [2.24, 2.45) is 4.99 Å². The molecule has 0 bridgehead atoms. The summed E-state index contributed by atoms with van der Waals surface area (Å²) in [5.41, 5.74) is 1.76. The van der Waals surface area contributed by atoms with Gasteiger partial charge in [-0.1, -0.05) is 0 Å². The van der Waals surface area contributed by atoms with E-state index >= 15 is 0 Å². The number of nitriles is 1. The van der Waals surface area contributed by atoms with Gasteiger partial charge in [-0.05, 0) is 13.3 Å². The Bertz CT molecular complexity index is 800. The number of aryl methyl sites for hydroxylation is 2. The molecule has 9 nitrogen and oxygen atoms in total. The van der Waals surface area contributed by atoms with Gasteiger partial charge in [-0.15, -0.1) is 4.99 Å². The van der Waals surface area contributed by atoms with Crippen LogP contribution in [-0.4, -0.2) is 43.4 Å².